The molecule has 3 N–H and O–H groups in total. The highest BCUT2D eigenvalue weighted by Crippen LogP contribution is 2.18. The van der Waals surface area contributed by atoms with Gasteiger partial charge in [0, 0.05) is 6.42 Å². The van der Waals surface area contributed by atoms with E-state index in [0.29, 0.717) is 12.8 Å². The van der Waals surface area contributed by atoms with Crippen LogP contribution in [0.2, 0.25) is 0 Å². The Labute approximate surface area is 340 Å². The first kappa shape index (κ1) is 53.4. The third-order valence-corrected chi connectivity index (χ3v) is 12.1. The molecule has 0 aliphatic heterocycles. The fourth-order valence-electron chi connectivity index (χ4n) is 8.25. The first-order valence-corrected chi connectivity index (χ1v) is 25.2. The van der Waals surface area contributed by atoms with Gasteiger partial charge in [-0.3, -0.25) is 4.79 Å². The highest BCUT2D eigenvalue weighted by molar-refractivity contribution is 5.76. The first-order chi connectivity index (χ1) is 26.7. The van der Waals surface area contributed by atoms with Crippen LogP contribution in [0.3, 0.4) is 0 Å². The molecule has 0 aromatic heterocycles. The average Bonchev–Trinajstić information content (AvgIpc) is 3.18. The van der Waals surface area contributed by atoms with Crippen molar-refractivity contribution < 1.29 is 15.0 Å². The first-order valence-electron chi connectivity index (χ1n) is 25.2. The van der Waals surface area contributed by atoms with Gasteiger partial charge in [-0.2, -0.15) is 0 Å². The molecule has 2 atom stereocenters. The van der Waals surface area contributed by atoms with Gasteiger partial charge in [0.05, 0.1) is 18.8 Å². The van der Waals surface area contributed by atoms with Crippen molar-refractivity contribution in [1.29, 1.82) is 0 Å². The molecule has 0 saturated carbocycles. The monoisotopic (exact) mass is 764 g/mol. The van der Waals surface area contributed by atoms with Crippen LogP contribution in [-0.2, 0) is 4.79 Å². The van der Waals surface area contributed by atoms with E-state index in [-0.39, 0.29) is 12.5 Å². The van der Waals surface area contributed by atoms with Crippen LogP contribution in [0.15, 0.2) is 0 Å². The van der Waals surface area contributed by atoms with Crippen molar-refractivity contribution in [2.24, 2.45) is 0 Å². The summed E-state index contributed by atoms with van der Waals surface area (Å²) in [6.07, 6.45) is 57.9. The van der Waals surface area contributed by atoms with Crippen molar-refractivity contribution in [2.45, 2.75) is 309 Å². The molecule has 0 bridgehead atoms. The number of aliphatic hydroxyl groups excluding tert-OH is 2. The maximum Gasteiger partial charge on any atom is 0.220 e. The average molecular weight is 764 g/mol. The van der Waals surface area contributed by atoms with E-state index in [1.54, 1.807) is 0 Å². The van der Waals surface area contributed by atoms with Crippen LogP contribution in [0.1, 0.15) is 296 Å². The van der Waals surface area contributed by atoms with E-state index < -0.39 is 12.1 Å². The molecule has 0 heterocycles. The Morgan fingerprint density at radius 3 is 0.833 bits per heavy atom. The van der Waals surface area contributed by atoms with Gasteiger partial charge in [0.15, 0.2) is 0 Å². The molecule has 4 heteroatoms. The quantitative estimate of drug-likeness (QED) is 0.0541. The fourth-order valence-corrected chi connectivity index (χ4v) is 8.25. The summed E-state index contributed by atoms with van der Waals surface area (Å²) in [4.78, 5) is 12.4. The van der Waals surface area contributed by atoms with Crippen LogP contribution in [0.4, 0.5) is 0 Å². The van der Waals surface area contributed by atoms with E-state index >= 15 is 0 Å². The lowest BCUT2D eigenvalue weighted by Crippen LogP contribution is -2.45. The van der Waals surface area contributed by atoms with Gasteiger partial charge in [-0.15, -0.1) is 0 Å². The Hall–Kier alpha value is -0.610. The van der Waals surface area contributed by atoms with E-state index in [1.165, 1.54) is 244 Å². The molecule has 1 amide bonds. The molecule has 4 nitrogen and oxygen atoms in total. The minimum Gasteiger partial charge on any atom is -0.394 e. The number of nitrogens with one attached hydrogen (secondary N) is 1. The molecule has 0 spiro atoms. The minimum atomic E-state index is -0.653. The van der Waals surface area contributed by atoms with E-state index in [0.717, 1.165) is 25.7 Å². The van der Waals surface area contributed by atoms with Gasteiger partial charge in [0.25, 0.3) is 0 Å². The van der Waals surface area contributed by atoms with Crippen molar-refractivity contribution in [2.75, 3.05) is 6.61 Å². The van der Waals surface area contributed by atoms with Crippen molar-refractivity contribution >= 4 is 5.91 Å². The van der Waals surface area contributed by atoms with Crippen LogP contribution in [-0.4, -0.2) is 34.9 Å². The highest BCUT2D eigenvalue weighted by atomic mass is 16.3. The van der Waals surface area contributed by atoms with Crippen molar-refractivity contribution in [3.63, 3.8) is 0 Å². The normalized spacial score (nSPS) is 12.7. The molecule has 324 valence electrons. The van der Waals surface area contributed by atoms with Gasteiger partial charge >= 0.3 is 0 Å². The smallest absolute Gasteiger partial charge is 0.220 e. The highest BCUT2D eigenvalue weighted by Gasteiger charge is 2.20. The predicted octanol–water partition coefficient (Wildman–Crippen LogP) is 16.0. The topological polar surface area (TPSA) is 69.6 Å². The summed E-state index contributed by atoms with van der Waals surface area (Å²) >= 11 is 0. The van der Waals surface area contributed by atoms with Crippen LogP contribution in [0.5, 0.6) is 0 Å². The molecular weight excluding hydrogens is 663 g/mol. The number of aliphatic hydroxyl groups is 2. The van der Waals surface area contributed by atoms with Gasteiger partial charge in [-0.25, -0.2) is 0 Å². The standard InChI is InChI=1S/C50H101NO3/c1-3-5-7-9-11-13-15-17-19-20-21-22-23-24-25-26-27-28-29-30-31-32-34-36-38-40-42-44-46-50(54)51-48(47-52)49(53)45-43-41-39-37-35-33-18-16-14-12-10-8-6-4-2/h48-49,52-53H,3-47H2,1-2H3,(H,51,54). The lowest BCUT2D eigenvalue weighted by atomic mass is 10.0. The minimum absolute atomic E-state index is 0.0242. The van der Waals surface area contributed by atoms with Gasteiger partial charge in [0.1, 0.15) is 0 Å². The van der Waals surface area contributed by atoms with Gasteiger partial charge in [-0.05, 0) is 12.8 Å². The molecule has 0 aromatic rings. The van der Waals surface area contributed by atoms with Crippen LogP contribution >= 0.6 is 0 Å². The predicted molar refractivity (Wildman–Crippen MR) is 240 cm³/mol. The SMILES string of the molecule is CCCCCCCCCCCCCCCCCCCCCCCCCCCCCCC(=O)NC(CO)C(O)CCCCCCCCCCCCCCCC. The number of carbonyl (C=O) groups excluding carboxylic acids is 1. The summed E-state index contributed by atoms with van der Waals surface area (Å²) in [5, 5.41) is 23.2. The van der Waals surface area contributed by atoms with Crippen LogP contribution < -0.4 is 5.32 Å². The van der Waals surface area contributed by atoms with E-state index in [1.807, 2.05) is 0 Å². The lowest BCUT2D eigenvalue weighted by Gasteiger charge is -2.22. The zero-order chi connectivity index (χ0) is 39.3. The molecule has 0 rings (SSSR count). The largest absolute Gasteiger partial charge is 0.394 e. The summed E-state index contributed by atoms with van der Waals surface area (Å²) in [7, 11) is 0. The Bertz CT molecular complexity index is 699. The number of carbonyl (C=O) groups is 1. The second kappa shape index (κ2) is 46.8. The van der Waals surface area contributed by atoms with E-state index in [4.69, 9.17) is 0 Å². The van der Waals surface area contributed by atoms with Crippen molar-refractivity contribution in [3.8, 4) is 0 Å². The number of hydrogen-bond acceptors (Lipinski definition) is 3. The van der Waals surface area contributed by atoms with Gasteiger partial charge < -0.3 is 15.5 Å². The number of unbranched alkanes of at least 4 members (excludes halogenated alkanes) is 40. The molecule has 0 aliphatic rings. The summed E-state index contributed by atoms with van der Waals surface area (Å²) in [6, 6.07) is -0.529. The van der Waals surface area contributed by atoms with Crippen LogP contribution in [0, 0.1) is 0 Å². The van der Waals surface area contributed by atoms with E-state index in [9.17, 15) is 15.0 Å². The molecule has 54 heavy (non-hydrogen) atoms. The Kier molecular flexibility index (Phi) is 46.2. The Balaban J connectivity index is 3.38. The zero-order valence-corrected chi connectivity index (χ0v) is 37.3. The van der Waals surface area contributed by atoms with E-state index in [2.05, 4.69) is 19.2 Å². The maximum atomic E-state index is 12.4. The van der Waals surface area contributed by atoms with Crippen molar-refractivity contribution in [3.05, 3.63) is 0 Å². The molecule has 0 aliphatic carbocycles. The Morgan fingerprint density at radius 1 is 0.370 bits per heavy atom. The second-order valence-electron chi connectivity index (χ2n) is 17.6. The second-order valence-corrected chi connectivity index (χ2v) is 17.6. The summed E-state index contributed by atoms with van der Waals surface area (Å²) in [5.41, 5.74) is 0. The lowest BCUT2D eigenvalue weighted by molar-refractivity contribution is -0.123. The summed E-state index contributed by atoms with van der Waals surface area (Å²) in [5.74, 6) is -0.0242. The molecular formula is C50H101NO3. The summed E-state index contributed by atoms with van der Waals surface area (Å²) in [6.45, 7) is 4.39. The fraction of sp³-hybridized carbons (Fsp3) is 0.980. The Morgan fingerprint density at radius 2 is 0.593 bits per heavy atom. The maximum absolute atomic E-state index is 12.4. The van der Waals surface area contributed by atoms with Gasteiger partial charge in [-0.1, -0.05) is 277 Å². The molecule has 0 aromatic carbocycles. The summed E-state index contributed by atoms with van der Waals surface area (Å²) < 4.78 is 0. The number of amides is 1. The molecule has 0 radical (unpaired) electrons. The van der Waals surface area contributed by atoms with Crippen LogP contribution in [0.25, 0.3) is 0 Å². The van der Waals surface area contributed by atoms with Gasteiger partial charge in [0.2, 0.25) is 5.91 Å². The third kappa shape index (κ3) is 42.5. The van der Waals surface area contributed by atoms with Crippen molar-refractivity contribution in [1.82, 2.24) is 5.32 Å². The zero-order valence-electron chi connectivity index (χ0n) is 37.3. The molecule has 0 fully saturated rings. The number of rotatable bonds is 47. The third-order valence-electron chi connectivity index (χ3n) is 12.1. The number of hydrogen-bond donors (Lipinski definition) is 3. The molecule has 0 saturated heterocycles. The molecule has 2 unspecified atom stereocenters.